The number of hydrogen-bond acceptors (Lipinski definition) is 2. The van der Waals surface area contributed by atoms with E-state index in [2.05, 4.69) is 63.2 Å². The van der Waals surface area contributed by atoms with Crippen molar-refractivity contribution in [3.8, 4) is 73.0 Å². The number of pyridine rings is 1. The minimum Gasteiger partial charge on any atom is -1.00 e. The van der Waals surface area contributed by atoms with E-state index in [-0.39, 0.29) is 45.8 Å². The molecule has 5 heteroatoms. The molecule has 2 aromatic heterocycles. The van der Waals surface area contributed by atoms with E-state index >= 15 is 0 Å². The number of rotatable bonds is 8. The van der Waals surface area contributed by atoms with Crippen molar-refractivity contribution in [3.63, 3.8) is 0 Å². The molecule has 0 saturated carbocycles. The maximum Gasteiger partial charge on any atom is 0.255 e. The molecule has 0 N–H and O–H groups in total. The highest BCUT2D eigenvalue weighted by Gasteiger charge is 2.26. The lowest BCUT2D eigenvalue weighted by Gasteiger charge is -2.21. The molecular formula is C53H44ClN3O. The number of benzene rings is 7. The highest BCUT2D eigenvalue weighted by atomic mass is 35.5. The summed E-state index contributed by atoms with van der Waals surface area (Å²) >= 11 is 0. The van der Waals surface area contributed by atoms with Crippen molar-refractivity contribution >= 4 is 11.0 Å². The Kier molecular flexibility index (Phi) is 7.67. The predicted molar refractivity (Wildman–Crippen MR) is 235 cm³/mol. The summed E-state index contributed by atoms with van der Waals surface area (Å²) in [5, 5.41) is 0. The van der Waals surface area contributed by atoms with Crippen LogP contribution < -0.4 is 21.7 Å². The molecule has 0 atom stereocenters. The van der Waals surface area contributed by atoms with Gasteiger partial charge < -0.3 is 17.1 Å². The Hall–Kier alpha value is -6.75. The molecule has 0 bridgehead atoms. The molecule has 0 aliphatic rings. The topological polar surface area (TPSA) is 30.9 Å². The molecule has 0 aliphatic heterocycles. The predicted octanol–water partition coefficient (Wildman–Crippen LogP) is 9.95. The minimum atomic E-state index is -0.556. The summed E-state index contributed by atoms with van der Waals surface area (Å²) in [5.41, 5.74) is 8.30. The standard InChI is InChI=1S/C53H44N3O.ClH/c1-53(2,3)42-31-41(47-33-40(37-19-8-5-9-20-37)34-48(54-47)46-25-14-17-30-51(46)57-4)32-43(35-42)55-36-56(50-29-16-15-28-49(50)55)52-44(38-21-10-6-11-22-38)26-18-27-45(52)39-23-12-7-13-24-39;/h5-36H,1-4H3;1H/q+1;/p-1/i6D,7D,10D,11D,12D,13D,21D,22D,23D,24D;. The molecule has 0 fully saturated rings. The van der Waals surface area contributed by atoms with E-state index in [4.69, 9.17) is 23.4 Å². The zero-order chi connectivity index (χ0) is 47.6. The van der Waals surface area contributed by atoms with Crippen LogP contribution >= 0.6 is 0 Å². The van der Waals surface area contributed by atoms with Crippen molar-refractivity contribution in [2.75, 3.05) is 7.11 Å². The highest BCUT2D eigenvalue weighted by Crippen LogP contribution is 2.38. The fourth-order valence-electron chi connectivity index (χ4n) is 7.27. The highest BCUT2D eigenvalue weighted by molar-refractivity contribution is 5.85. The molecular weight excluding hydrogens is 730 g/mol. The Labute approximate surface area is 361 Å². The van der Waals surface area contributed by atoms with Gasteiger partial charge >= 0.3 is 0 Å². The number of imidazole rings is 1. The summed E-state index contributed by atoms with van der Waals surface area (Å²) in [5.74, 6) is 0.686. The van der Waals surface area contributed by atoms with E-state index in [0.29, 0.717) is 17.0 Å². The molecule has 9 rings (SSSR count). The first kappa shape index (κ1) is 27.8. The molecule has 0 saturated heterocycles. The molecule has 0 unspecified atom stereocenters. The smallest absolute Gasteiger partial charge is 0.255 e. The Morgan fingerprint density at radius 1 is 0.569 bits per heavy atom. The summed E-state index contributed by atoms with van der Waals surface area (Å²) in [6.07, 6.45) is 1.83. The van der Waals surface area contributed by atoms with Crippen LogP contribution in [-0.4, -0.2) is 16.7 Å². The van der Waals surface area contributed by atoms with Crippen molar-refractivity contribution in [3.05, 3.63) is 200 Å². The molecule has 7 aromatic carbocycles. The number of fused-ring (bicyclic) bond motifs is 1. The van der Waals surface area contributed by atoms with Gasteiger partial charge in [0.1, 0.15) is 17.1 Å². The number of para-hydroxylation sites is 4. The summed E-state index contributed by atoms with van der Waals surface area (Å²) in [6.45, 7) is 6.42. The number of ether oxygens (including phenoxy) is 1. The first-order chi connectivity index (χ1) is 32.0. The molecule has 2 heterocycles. The largest absolute Gasteiger partial charge is 1.00 e. The van der Waals surface area contributed by atoms with Gasteiger partial charge in [-0.2, -0.15) is 9.13 Å². The van der Waals surface area contributed by atoms with Crippen molar-refractivity contribution < 1.29 is 35.4 Å². The fraction of sp³-hybridized carbons (Fsp3) is 0.0943. The Balaban J connectivity index is 0.00000625. The van der Waals surface area contributed by atoms with E-state index in [1.807, 2.05) is 77.6 Å². The SMILES string of the molecule is [2H]c1c([2H])c([2H])c(-c2cccc(-c3c([2H])c([2H])c([2H])c([2H])c3[2H])c2-[n+]2cn(-c3cc(-c4cc(-c5ccccc5)cc(-c5ccccc5OC)n4)cc(C(C)(C)C)c3)c3ccccc32)c([2H])c1[2H].[Cl-]. The number of halogens is 1. The van der Waals surface area contributed by atoms with Crippen LogP contribution in [0.15, 0.2) is 194 Å². The number of nitrogens with zero attached hydrogens (tertiary/aromatic N) is 3. The average molecular weight is 784 g/mol. The van der Waals surface area contributed by atoms with Crippen LogP contribution in [-0.2, 0) is 5.41 Å². The van der Waals surface area contributed by atoms with Crippen molar-refractivity contribution in [2.45, 2.75) is 26.2 Å². The lowest BCUT2D eigenvalue weighted by Crippen LogP contribution is -3.00. The van der Waals surface area contributed by atoms with Gasteiger partial charge in [-0.1, -0.05) is 154 Å². The molecule has 0 amide bonds. The van der Waals surface area contributed by atoms with Gasteiger partial charge in [0, 0.05) is 22.3 Å². The van der Waals surface area contributed by atoms with E-state index in [0.717, 1.165) is 44.7 Å². The van der Waals surface area contributed by atoms with Gasteiger partial charge in [0.05, 0.1) is 32.2 Å². The van der Waals surface area contributed by atoms with Crippen molar-refractivity contribution in [2.24, 2.45) is 0 Å². The lowest BCUT2D eigenvalue weighted by atomic mass is 9.85. The summed E-state index contributed by atoms with van der Waals surface area (Å²) in [4.78, 5) is 5.29. The van der Waals surface area contributed by atoms with Gasteiger partial charge in [-0.05, 0) is 87.8 Å². The van der Waals surface area contributed by atoms with Crippen LogP contribution in [0.25, 0.3) is 78.3 Å². The molecule has 284 valence electrons. The van der Waals surface area contributed by atoms with E-state index < -0.39 is 60.4 Å². The quantitative estimate of drug-likeness (QED) is 0.144. The number of aromatic nitrogens is 3. The Morgan fingerprint density at radius 3 is 1.84 bits per heavy atom. The second kappa shape index (κ2) is 16.0. The lowest BCUT2D eigenvalue weighted by molar-refractivity contribution is -0.566. The van der Waals surface area contributed by atoms with Crippen LogP contribution in [0.4, 0.5) is 0 Å². The van der Waals surface area contributed by atoms with E-state index in [1.165, 1.54) is 0 Å². The summed E-state index contributed by atoms with van der Waals surface area (Å²) in [7, 11) is 1.64. The van der Waals surface area contributed by atoms with Crippen LogP contribution in [0, 0.1) is 0 Å². The first-order valence-corrected chi connectivity index (χ1v) is 18.7. The molecule has 0 spiro atoms. The zero-order valence-corrected chi connectivity index (χ0v) is 33.1. The van der Waals surface area contributed by atoms with Gasteiger partial charge in [-0.25, -0.2) is 4.98 Å². The average Bonchev–Trinajstić information content (AvgIpc) is 3.73. The summed E-state index contributed by atoms with van der Waals surface area (Å²) in [6, 6.07) is 35.8. The molecule has 58 heavy (non-hydrogen) atoms. The monoisotopic (exact) mass is 783 g/mol. The second-order valence-corrected chi connectivity index (χ2v) is 14.8. The van der Waals surface area contributed by atoms with Gasteiger partial charge in [0.15, 0.2) is 11.0 Å². The Morgan fingerprint density at radius 2 is 1.17 bits per heavy atom. The van der Waals surface area contributed by atoms with Crippen LogP contribution in [0.5, 0.6) is 5.75 Å². The number of hydrogen-bond donors (Lipinski definition) is 0. The zero-order valence-electron chi connectivity index (χ0n) is 42.3. The molecule has 9 aromatic rings. The number of methoxy groups -OCH3 is 1. The van der Waals surface area contributed by atoms with Crippen LogP contribution in [0.3, 0.4) is 0 Å². The second-order valence-electron chi connectivity index (χ2n) is 14.8. The third kappa shape index (κ3) is 7.31. The van der Waals surface area contributed by atoms with Crippen LogP contribution in [0.2, 0.25) is 0 Å². The normalized spacial score (nSPS) is 13.7. The van der Waals surface area contributed by atoms with Gasteiger partial charge in [0.25, 0.3) is 6.33 Å². The first-order valence-electron chi connectivity index (χ1n) is 23.7. The van der Waals surface area contributed by atoms with Crippen LogP contribution in [0.1, 0.15) is 40.0 Å². The molecule has 0 radical (unpaired) electrons. The fourth-order valence-corrected chi connectivity index (χ4v) is 7.27. The van der Waals surface area contributed by atoms with Crippen molar-refractivity contribution in [1.82, 2.24) is 9.55 Å². The van der Waals surface area contributed by atoms with Gasteiger partial charge in [-0.3, -0.25) is 0 Å². The van der Waals surface area contributed by atoms with Crippen molar-refractivity contribution in [1.29, 1.82) is 0 Å². The Bertz CT molecular complexity index is 3320. The van der Waals surface area contributed by atoms with E-state index in [9.17, 15) is 0 Å². The maximum atomic E-state index is 9.08. The third-order valence-electron chi connectivity index (χ3n) is 10.1. The maximum absolute atomic E-state index is 9.08. The van der Waals surface area contributed by atoms with Gasteiger partial charge in [-0.15, -0.1) is 0 Å². The molecule has 0 aliphatic carbocycles. The summed E-state index contributed by atoms with van der Waals surface area (Å²) < 4.78 is 97.2. The third-order valence-corrected chi connectivity index (χ3v) is 10.1. The van der Waals surface area contributed by atoms with E-state index in [1.54, 1.807) is 29.9 Å². The minimum absolute atomic E-state index is 0. The van der Waals surface area contributed by atoms with Gasteiger partial charge in [0.2, 0.25) is 0 Å². The molecule has 4 nitrogen and oxygen atoms in total.